The molecule has 1 aromatic rings. The maximum atomic E-state index is 12.8. The molecule has 2 fully saturated rings. The van der Waals surface area contributed by atoms with Gasteiger partial charge in [-0.2, -0.15) is 0 Å². The molecule has 2 saturated heterocycles. The SMILES string of the molecule is CN1CCN([C@H]2COC[C@@H]2NC(=O)c2cccc(CCC(C)(C)O)c2)CC1. The smallest absolute Gasteiger partial charge is 0.251 e. The van der Waals surface area contributed by atoms with Gasteiger partial charge in [-0.3, -0.25) is 9.69 Å². The maximum absolute atomic E-state index is 12.8. The maximum Gasteiger partial charge on any atom is 0.251 e. The predicted molar refractivity (Wildman–Crippen MR) is 106 cm³/mol. The highest BCUT2D eigenvalue weighted by molar-refractivity contribution is 5.94. The first kappa shape index (κ1) is 20.3. The number of rotatable bonds is 6. The van der Waals surface area contributed by atoms with Crippen molar-refractivity contribution in [2.24, 2.45) is 0 Å². The number of ether oxygens (including phenoxy) is 1. The zero-order valence-electron chi connectivity index (χ0n) is 16.8. The molecule has 2 atom stereocenters. The molecule has 0 bridgehead atoms. The lowest BCUT2D eigenvalue weighted by Crippen LogP contribution is -2.56. The predicted octanol–water partition coefficient (Wildman–Crippen LogP) is 1.13. The number of aliphatic hydroxyl groups is 1. The first-order chi connectivity index (χ1) is 12.8. The minimum absolute atomic E-state index is 0.0286. The largest absolute Gasteiger partial charge is 0.390 e. The molecule has 1 amide bonds. The molecular weight excluding hydrogens is 342 g/mol. The van der Waals surface area contributed by atoms with E-state index in [2.05, 4.69) is 22.2 Å². The third-order valence-electron chi connectivity index (χ3n) is 5.59. The van der Waals surface area contributed by atoms with Crippen molar-refractivity contribution in [1.29, 1.82) is 0 Å². The van der Waals surface area contributed by atoms with Crippen LogP contribution in [0, 0.1) is 0 Å². The third-order valence-corrected chi connectivity index (χ3v) is 5.59. The molecule has 2 aliphatic rings. The molecule has 150 valence electrons. The summed E-state index contributed by atoms with van der Waals surface area (Å²) in [6, 6.07) is 7.99. The summed E-state index contributed by atoms with van der Waals surface area (Å²) >= 11 is 0. The van der Waals surface area contributed by atoms with E-state index in [1.807, 2.05) is 38.1 Å². The molecule has 0 saturated carbocycles. The molecule has 0 aliphatic carbocycles. The van der Waals surface area contributed by atoms with Crippen molar-refractivity contribution in [3.8, 4) is 0 Å². The van der Waals surface area contributed by atoms with Crippen LogP contribution in [0.1, 0.15) is 36.2 Å². The van der Waals surface area contributed by atoms with Gasteiger partial charge in [0.2, 0.25) is 0 Å². The van der Waals surface area contributed by atoms with Crippen LogP contribution in [0.25, 0.3) is 0 Å². The molecule has 1 aromatic carbocycles. The summed E-state index contributed by atoms with van der Waals surface area (Å²) in [6.45, 7) is 9.01. The fourth-order valence-electron chi connectivity index (χ4n) is 3.76. The van der Waals surface area contributed by atoms with Crippen molar-refractivity contribution in [2.75, 3.05) is 46.4 Å². The molecule has 0 aromatic heterocycles. The number of amides is 1. The monoisotopic (exact) mass is 375 g/mol. The average molecular weight is 376 g/mol. The number of benzene rings is 1. The molecule has 0 spiro atoms. The lowest BCUT2D eigenvalue weighted by atomic mass is 9.97. The van der Waals surface area contributed by atoms with Gasteiger partial charge in [0.15, 0.2) is 0 Å². The van der Waals surface area contributed by atoms with E-state index in [0.29, 0.717) is 25.2 Å². The Morgan fingerprint density at radius 3 is 2.70 bits per heavy atom. The first-order valence-corrected chi connectivity index (χ1v) is 9.94. The number of hydrogen-bond donors (Lipinski definition) is 2. The Kier molecular flexibility index (Phi) is 6.52. The molecule has 6 nitrogen and oxygen atoms in total. The number of nitrogens with zero attached hydrogens (tertiary/aromatic N) is 2. The molecular formula is C21H33N3O3. The lowest BCUT2D eigenvalue weighted by molar-refractivity contribution is 0.0714. The third kappa shape index (κ3) is 5.75. The van der Waals surface area contributed by atoms with Crippen molar-refractivity contribution < 1.29 is 14.6 Å². The molecule has 27 heavy (non-hydrogen) atoms. The number of nitrogens with one attached hydrogen (secondary N) is 1. The molecule has 2 aliphatic heterocycles. The van der Waals surface area contributed by atoms with Gasteiger partial charge in [-0.15, -0.1) is 0 Å². The van der Waals surface area contributed by atoms with E-state index in [9.17, 15) is 9.90 Å². The Morgan fingerprint density at radius 1 is 1.26 bits per heavy atom. The Morgan fingerprint density at radius 2 is 2.00 bits per heavy atom. The van der Waals surface area contributed by atoms with Crippen molar-refractivity contribution in [3.63, 3.8) is 0 Å². The number of carbonyl (C=O) groups is 1. The van der Waals surface area contributed by atoms with Crippen LogP contribution in [0.15, 0.2) is 24.3 Å². The second-order valence-corrected chi connectivity index (χ2v) is 8.54. The fourth-order valence-corrected chi connectivity index (χ4v) is 3.76. The second-order valence-electron chi connectivity index (χ2n) is 8.54. The topological polar surface area (TPSA) is 65.0 Å². The molecule has 2 heterocycles. The summed E-state index contributed by atoms with van der Waals surface area (Å²) in [5.74, 6) is -0.0465. The Labute approximate surface area is 162 Å². The van der Waals surface area contributed by atoms with E-state index < -0.39 is 5.60 Å². The van der Waals surface area contributed by atoms with Gasteiger partial charge in [0.25, 0.3) is 5.91 Å². The van der Waals surface area contributed by atoms with E-state index in [1.165, 1.54) is 0 Å². The van der Waals surface area contributed by atoms with Crippen LogP contribution in [0.3, 0.4) is 0 Å². The van der Waals surface area contributed by atoms with Gasteiger partial charge < -0.3 is 20.1 Å². The van der Waals surface area contributed by atoms with Crippen molar-refractivity contribution in [2.45, 2.75) is 44.4 Å². The number of likely N-dealkylation sites (N-methyl/N-ethyl adjacent to an activating group) is 1. The zero-order chi connectivity index (χ0) is 19.4. The van der Waals surface area contributed by atoms with Gasteiger partial charge in [0.1, 0.15) is 0 Å². The van der Waals surface area contributed by atoms with Gasteiger partial charge in [0, 0.05) is 31.7 Å². The van der Waals surface area contributed by atoms with E-state index >= 15 is 0 Å². The molecule has 0 unspecified atom stereocenters. The number of aryl methyl sites for hydroxylation is 1. The van der Waals surface area contributed by atoms with Gasteiger partial charge in [-0.05, 0) is 51.4 Å². The van der Waals surface area contributed by atoms with E-state index in [4.69, 9.17) is 4.74 Å². The van der Waals surface area contributed by atoms with E-state index in [-0.39, 0.29) is 18.0 Å². The molecule has 6 heteroatoms. The highest BCUT2D eigenvalue weighted by Crippen LogP contribution is 2.17. The van der Waals surface area contributed by atoms with Crippen LogP contribution in [0.5, 0.6) is 0 Å². The van der Waals surface area contributed by atoms with Gasteiger partial charge >= 0.3 is 0 Å². The summed E-state index contributed by atoms with van der Waals surface area (Å²) in [4.78, 5) is 17.6. The summed E-state index contributed by atoms with van der Waals surface area (Å²) in [6.07, 6.45) is 1.42. The van der Waals surface area contributed by atoms with Crippen LogP contribution in [-0.2, 0) is 11.2 Å². The van der Waals surface area contributed by atoms with Gasteiger partial charge in [-0.25, -0.2) is 0 Å². The van der Waals surface area contributed by atoms with Crippen LogP contribution >= 0.6 is 0 Å². The molecule has 2 N–H and O–H groups in total. The Bertz CT molecular complexity index is 636. The fraction of sp³-hybridized carbons (Fsp3) is 0.667. The summed E-state index contributed by atoms with van der Waals surface area (Å²) in [5, 5.41) is 13.1. The minimum atomic E-state index is -0.699. The summed E-state index contributed by atoms with van der Waals surface area (Å²) in [5.41, 5.74) is 1.05. The zero-order valence-corrected chi connectivity index (χ0v) is 16.8. The van der Waals surface area contributed by atoms with Crippen LogP contribution in [0.2, 0.25) is 0 Å². The Balaban J connectivity index is 1.59. The lowest BCUT2D eigenvalue weighted by Gasteiger charge is -2.38. The molecule has 3 rings (SSSR count). The number of hydrogen-bond acceptors (Lipinski definition) is 5. The first-order valence-electron chi connectivity index (χ1n) is 9.94. The van der Waals surface area contributed by atoms with E-state index in [1.54, 1.807) is 0 Å². The standard InChI is InChI=1S/C21H33N3O3/c1-21(2,26)8-7-16-5-4-6-17(13-16)20(25)22-18-14-27-15-19(18)24-11-9-23(3)10-12-24/h4-6,13,18-19,26H,7-12,14-15H2,1-3H3,(H,22,25)/t18-,19-/m0/s1. The van der Waals surface area contributed by atoms with Crippen molar-refractivity contribution in [3.05, 3.63) is 35.4 Å². The van der Waals surface area contributed by atoms with Crippen molar-refractivity contribution >= 4 is 5.91 Å². The molecule has 0 radical (unpaired) electrons. The average Bonchev–Trinajstić information content (AvgIpc) is 3.08. The quantitative estimate of drug-likeness (QED) is 0.781. The van der Waals surface area contributed by atoms with Crippen molar-refractivity contribution in [1.82, 2.24) is 15.1 Å². The van der Waals surface area contributed by atoms with Crippen LogP contribution in [-0.4, -0.2) is 84.9 Å². The highest BCUT2D eigenvalue weighted by atomic mass is 16.5. The number of piperazine rings is 1. The highest BCUT2D eigenvalue weighted by Gasteiger charge is 2.35. The van der Waals surface area contributed by atoms with Crippen LogP contribution in [0.4, 0.5) is 0 Å². The second kappa shape index (κ2) is 8.69. The Hall–Kier alpha value is -1.47. The normalized spacial score (nSPS) is 24.9. The summed E-state index contributed by atoms with van der Waals surface area (Å²) < 4.78 is 5.69. The van der Waals surface area contributed by atoms with Gasteiger partial charge in [0.05, 0.1) is 30.9 Å². The van der Waals surface area contributed by atoms with Crippen LogP contribution < -0.4 is 5.32 Å². The van der Waals surface area contributed by atoms with Gasteiger partial charge in [-0.1, -0.05) is 12.1 Å². The van der Waals surface area contributed by atoms with E-state index in [0.717, 1.165) is 38.2 Å². The number of carbonyl (C=O) groups excluding carboxylic acids is 1. The summed E-state index contributed by atoms with van der Waals surface area (Å²) in [7, 11) is 2.15. The minimum Gasteiger partial charge on any atom is -0.390 e.